The molecule has 1 saturated heterocycles. The molecule has 3 rings (SSSR count). The molecule has 0 bridgehead atoms. The largest absolute Gasteiger partial charge is 0.356 e. The fourth-order valence-corrected chi connectivity index (χ4v) is 2.86. The number of hydrogen-bond donors (Lipinski definition) is 1. The molecule has 1 aliphatic heterocycles. The van der Waals surface area contributed by atoms with Crippen LogP contribution in [0.3, 0.4) is 0 Å². The fraction of sp³-hybridized carbons (Fsp3) is 0.571. The highest BCUT2D eigenvalue weighted by molar-refractivity contribution is 5.87. The molecule has 1 N–H and O–H groups in total. The second-order valence-electron chi connectivity index (χ2n) is 5.53. The highest BCUT2D eigenvalue weighted by atomic mass is 15.2. The summed E-state index contributed by atoms with van der Waals surface area (Å²) in [7, 11) is 0. The highest BCUT2D eigenvalue weighted by Gasteiger charge is 2.24. The van der Waals surface area contributed by atoms with Crippen molar-refractivity contribution in [1.82, 2.24) is 15.0 Å². The number of anilines is 1. The van der Waals surface area contributed by atoms with Crippen LogP contribution in [0.15, 0.2) is 18.6 Å². The van der Waals surface area contributed by atoms with E-state index < -0.39 is 0 Å². The van der Waals surface area contributed by atoms with Gasteiger partial charge in [-0.3, -0.25) is 0 Å². The second-order valence-corrected chi connectivity index (χ2v) is 5.53. The van der Waals surface area contributed by atoms with E-state index in [1.54, 1.807) is 6.33 Å². The van der Waals surface area contributed by atoms with Gasteiger partial charge in [-0.2, -0.15) is 0 Å². The Morgan fingerprint density at radius 2 is 2.28 bits per heavy atom. The molecule has 0 aliphatic carbocycles. The Hall–Kier alpha value is -1.58. The maximum absolute atomic E-state index is 4.49. The van der Waals surface area contributed by atoms with Crippen LogP contribution in [0.25, 0.3) is 11.0 Å². The summed E-state index contributed by atoms with van der Waals surface area (Å²) in [4.78, 5) is 14.3. The maximum Gasteiger partial charge on any atom is 0.142 e. The molecule has 2 aromatic rings. The molecule has 0 radical (unpaired) electrons. The van der Waals surface area contributed by atoms with Crippen LogP contribution in [-0.4, -0.2) is 28.0 Å². The molecular weight excluding hydrogens is 224 g/mol. The monoisotopic (exact) mass is 244 g/mol. The summed E-state index contributed by atoms with van der Waals surface area (Å²) in [5.74, 6) is 2.62. The van der Waals surface area contributed by atoms with E-state index in [4.69, 9.17) is 0 Å². The van der Waals surface area contributed by atoms with Gasteiger partial charge in [-0.15, -0.1) is 0 Å². The number of nitrogens with one attached hydrogen (secondary N) is 1. The van der Waals surface area contributed by atoms with E-state index >= 15 is 0 Å². The van der Waals surface area contributed by atoms with Crippen molar-refractivity contribution < 1.29 is 0 Å². The number of hydrogen-bond acceptors (Lipinski definition) is 3. The summed E-state index contributed by atoms with van der Waals surface area (Å²) < 4.78 is 0. The molecule has 1 aliphatic rings. The van der Waals surface area contributed by atoms with Crippen molar-refractivity contribution in [3.05, 3.63) is 18.6 Å². The molecule has 18 heavy (non-hydrogen) atoms. The third kappa shape index (κ3) is 1.96. The van der Waals surface area contributed by atoms with Crippen molar-refractivity contribution in [1.29, 1.82) is 0 Å². The zero-order valence-corrected chi connectivity index (χ0v) is 11.1. The number of nitrogens with zero attached hydrogens (tertiary/aromatic N) is 3. The van der Waals surface area contributed by atoms with Crippen LogP contribution >= 0.6 is 0 Å². The van der Waals surface area contributed by atoms with Gasteiger partial charge < -0.3 is 9.88 Å². The van der Waals surface area contributed by atoms with Crippen molar-refractivity contribution in [2.45, 2.75) is 26.7 Å². The van der Waals surface area contributed by atoms with Gasteiger partial charge in [0, 0.05) is 19.3 Å². The van der Waals surface area contributed by atoms with Gasteiger partial charge in [0.2, 0.25) is 0 Å². The van der Waals surface area contributed by atoms with Crippen LogP contribution in [-0.2, 0) is 0 Å². The van der Waals surface area contributed by atoms with E-state index in [1.807, 2.05) is 6.20 Å². The molecule has 0 aromatic carbocycles. The van der Waals surface area contributed by atoms with Crippen molar-refractivity contribution in [2.75, 3.05) is 18.0 Å². The van der Waals surface area contributed by atoms with Gasteiger partial charge in [0.25, 0.3) is 0 Å². The molecule has 4 heteroatoms. The summed E-state index contributed by atoms with van der Waals surface area (Å²) in [5.41, 5.74) is 0.937. The summed E-state index contributed by atoms with van der Waals surface area (Å²) in [5, 5.41) is 1.14. The van der Waals surface area contributed by atoms with Crippen LogP contribution in [0.2, 0.25) is 0 Å². The highest BCUT2D eigenvalue weighted by Crippen LogP contribution is 2.29. The van der Waals surface area contributed by atoms with Crippen LogP contribution in [0.4, 0.5) is 5.82 Å². The number of piperidine rings is 1. The lowest BCUT2D eigenvalue weighted by atomic mass is 9.88. The van der Waals surface area contributed by atoms with Crippen LogP contribution in [0, 0.1) is 11.8 Å². The van der Waals surface area contributed by atoms with Gasteiger partial charge in [0.15, 0.2) is 0 Å². The van der Waals surface area contributed by atoms with E-state index in [9.17, 15) is 0 Å². The van der Waals surface area contributed by atoms with Crippen molar-refractivity contribution in [3.8, 4) is 0 Å². The SMILES string of the molecule is CC(C)C1CCCN(c2ncnc3[nH]ccc23)C1. The first-order valence-electron chi connectivity index (χ1n) is 6.78. The third-order valence-electron chi connectivity index (χ3n) is 4.03. The van der Waals surface area contributed by atoms with E-state index in [-0.39, 0.29) is 0 Å². The quantitative estimate of drug-likeness (QED) is 0.883. The van der Waals surface area contributed by atoms with E-state index in [0.717, 1.165) is 41.8 Å². The van der Waals surface area contributed by atoms with Crippen LogP contribution < -0.4 is 4.90 Å². The predicted octanol–water partition coefficient (Wildman–Crippen LogP) is 2.83. The number of aromatic nitrogens is 3. The van der Waals surface area contributed by atoms with Gasteiger partial charge in [-0.1, -0.05) is 13.8 Å². The minimum Gasteiger partial charge on any atom is -0.356 e. The van der Waals surface area contributed by atoms with Crippen molar-refractivity contribution in [2.24, 2.45) is 11.8 Å². The molecule has 2 aromatic heterocycles. The van der Waals surface area contributed by atoms with Gasteiger partial charge in [-0.25, -0.2) is 9.97 Å². The van der Waals surface area contributed by atoms with E-state index in [1.165, 1.54) is 12.8 Å². The lowest BCUT2D eigenvalue weighted by Crippen LogP contribution is -2.38. The molecule has 96 valence electrons. The van der Waals surface area contributed by atoms with E-state index in [2.05, 4.69) is 39.8 Å². The lowest BCUT2D eigenvalue weighted by Gasteiger charge is -2.35. The average Bonchev–Trinajstić information content (AvgIpc) is 2.87. The Bertz CT molecular complexity index is 531. The lowest BCUT2D eigenvalue weighted by molar-refractivity contribution is 0.321. The fourth-order valence-electron chi connectivity index (χ4n) is 2.86. The Kier molecular flexibility index (Phi) is 2.94. The maximum atomic E-state index is 4.49. The summed E-state index contributed by atoms with van der Waals surface area (Å²) in [6, 6.07) is 2.07. The summed E-state index contributed by atoms with van der Waals surface area (Å²) in [6.07, 6.45) is 6.20. The van der Waals surface area contributed by atoms with Crippen LogP contribution in [0.1, 0.15) is 26.7 Å². The first kappa shape index (κ1) is 11.5. The normalized spacial score (nSPS) is 20.8. The van der Waals surface area contributed by atoms with Gasteiger partial charge in [0.1, 0.15) is 17.8 Å². The molecular formula is C14H20N4. The average molecular weight is 244 g/mol. The molecule has 0 saturated carbocycles. The first-order valence-corrected chi connectivity index (χ1v) is 6.78. The van der Waals surface area contributed by atoms with Gasteiger partial charge >= 0.3 is 0 Å². The minimum atomic E-state index is 0.747. The standard InChI is InChI=1S/C14H20N4/c1-10(2)11-4-3-7-18(8-11)14-12-5-6-15-13(12)16-9-17-14/h5-6,9-11H,3-4,7-8H2,1-2H3,(H,15,16,17). The van der Waals surface area contributed by atoms with Crippen molar-refractivity contribution >= 4 is 16.9 Å². The number of H-pyrrole nitrogens is 1. The number of fused-ring (bicyclic) bond motifs is 1. The van der Waals surface area contributed by atoms with Crippen molar-refractivity contribution in [3.63, 3.8) is 0 Å². The topological polar surface area (TPSA) is 44.8 Å². The van der Waals surface area contributed by atoms with Crippen LogP contribution in [0.5, 0.6) is 0 Å². The smallest absolute Gasteiger partial charge is 0.142 e. The Morgan fingerprint density at radius 1 is 1.39 bits per heavy atom. The van der Waals surface area contributed by atoms with Gasteiger partial charge in [0.05, 0.1) is 5.39 Å². The molecule has 4 nitrogen and oxygen atoms in total. The second kappa shape index (κ2) is 4.59. The minimum absolute atomic E-state index is 0.747. The van der Waals surface area contributed by atoms with Gasteiger partial charge in [-0.05, 0) is 30.7 Å². The number of rotatable bonds is 2. The number of aromatic amines is 1. The molecule has 1 unspecified atom stereocenters. The van der Waals surface area contributed by atoms with E-state index in [0.29, 0.717) is 0 Å². The Morgan fingerprint density at radius 3 is 3.11 bits per heavy atom. The summed E-state index contributed by atoms with van der Waals surface area (Å²) >= 11 is 0. The zero-order chi connectivity index (χ0) is 12.5. The predicted molar refractivity (Wildman–Crippen MR) is 73.7 cm³/mol. The Labute approximate surface area is 107 Å². The molecule has 0 amide bonds. The third-order valence-corrected chi connectivity index (χ3v) is 4.03. The molecule has 1 atom stereocenters. The summed E-state index contributed by atoms with van der Waals surface area (Å²) in [6.45, 7) is 6.87. The zero-order valence-electron chi connectivity index (χ0n) is 11.1. The first-order chi connectivity index (χ1) is 8.75. The molecule has 3 heterocycles. The molecule has 1 fully saturated rings. The molecule has 0 spiro atoms. The Balaban J connectivity index is 1.92.